The van der Waals surface area contributed by atoms with Gasteiger partial charge in [-0.1, -0.05) is 6.07 Å². The number of hydrogen-bond acceptors (Lipinski definition) is 4. The molecule has 1 aromatic rings. The van der Waals surface area contributed by atoms with Gasteiger partial charge in [0, 0.05) is 6.54 Å². The van der Waals surface area contributed by atoms with E-state index >= 15 is 0 Å². The number of carbonyl (C=O) groups is 1. The lowest BCUT2D eigenvalue weighted by molar-refractivity contribution is -0.141. The Bertz CT molecular complexity index is 409. The number of likely N-dealkylation sites (N-methyl/N-ethyl adjacent to an activating group) is 1. The van der Waals surface area contributed by atoms with Crippen molar-refractivity contribution in [3.63, 3.8) is 0 Å². The maximum atomic E-state index is 13.4. The molecule has 1 rings (SSSR count). The van der Waals surface area contributed by atoms with Crippen LogP contribution in [0.25, 0.3) is 0 Å². The minimum absolute atomic E-state index is 0.231. The third-order valence-corrected chi connectivity index (χ3v) is 2.63. The number of hydrogen-bond donors (Lipinski definition) is 0. The van der Waals surface area contributed by atoms with Crippen molar-refractivity contribution in [1.29, 1.82) is 0 Å². The normalized spacial score (nSPS) is 10.5. The van der Waals surface area contributed by atoms with E-state index in [9.17, 15) is 9.18 Å². The van der Waals surface area contributed by atoms with Crippen molar-refractivity contribution in [2.75, 3.05) is 34.4 Å². The molecule has 5 heteroatoms. The fraction of sp³-hybridized carbons (Fsp3) is 0.462. The molecule has 0 heterocycles. The standard InChI is InChI=1S/C13H18FNO3/c1-15(9-13(16)18-3)7-6-10-4-5-12(17-2)11(14)8-10/h4-5,8H,6-7,9H2,1-3H3. The summed E-state index contributed by atoms with van der Waals surface area (Å²) in [4.78, 5) is 12.9. The number of rotatable bonds is 6. The molecule has 1 aromatic carbocycles. The summed E-state index contributed by atoms with van der Waals surface area (Å²) >= 11 is 0. The Labute approximate surface area is 106 Å². The molecule has 0 aliphatic carbocycles. The van der Waals surface area contributed by atoms with Crippen LogP contribution in [-0.2, 0) is 16.0 Å². The predicted octanol–water partition coefficient (Wildman–Crippen LogP) is 1.48. The second-order valence-electron chi connectivity index (χ2n) is 4.03. The lowest BCUT2D eigenvalue weighted by atomic mass is 10.1. The molecule has 18 heavy (non-hydrogen) atoms. The predicted molar refractivity (Wildman–Crippen MR) is 66.2 cm³/mol. The Balaban J connectivity index is 2.48. The van der Waals surface area contributed by atoms with Crippen molar-refractivity contribution >= 4 is 5.97 Å². The van der Waals surface area contributed by atoms with Gasteiger partial charge in [-0.15, -0.1) is 0 Å². The van der Waals surface area contributed by atoms with Crippen LogP contribution in [0.2, 0.25) is 0 Å². The Kier molecular flexibility index (Phi) is 5.58. The average molecular weight is 255 g/mol. The minimum Gasteiger partial charge on any atom is -0.494 e. The molecule has 0 N–H and O–H groups in total. The summed E-state index contributed by atoms with van der Waals surface area (Å²) in [7, 11) is 4.61. The van der Waals surface area contributed by atoms with Gasteiger partial charge in [-0.2, -0.15) is 0 Å². The maximum Gasteiger partial charge on any atom is 0.319 e. The van der Waals surface area contributed by atoms with Crippen LogP contribution in [-0.4, -0.2) is 45.2 Å². The summed E-state index contributed by atoms with van der Waals surface area (Å²) in [5.74, 6) is -0.411. The Morgan fingerprint density at radius 3 is 2.67 bits per heavy atom. The molecule has 4 nitrogen and oxygen atoms in total. The van der Waals surface area contributed by atoms with Gasteiger partial charge in [0.2, 0.25) is 0 Å². The fourth-order valence-electron chi connectivity index (χ4n) is 1.55. The summed E-state index contributed by atoms with van der Waals surface area (Å²) in [5.41, 5.74) is 0.866. The third-order valence-electron chi connectivity index (χ3n) is 2.63. The van der Waals surface area contributed by atoms with Crippen LogP contribution in [0, 0.1) is 5.82 Å². The van der Waals surface area contributed by atoms with Gasteiger partial charge in [0.05, 0.1) is 20.8 Å². The maximum absolute atomic E-state index is 13.4. The molecule has 0 saturated heterocycles. The highest BCUT2D eigenvalue weighted by Gasteiger charge is 2.07. The van der Waals surface area contributed by atoms with E-state index < -0.39 is 0 Å². The summed E-state index contributed by atoms with van der Waals surface area (Å²) in [5, 5.41) is 0. The SMILES string of the molecule is COC(=O)CN(C)CCc1ccc(OC)c(F)c1. The first-order valence-electron chi connectivity index (χ1n) is 5.64. The number of nitrogens with zero attached hydrogens (tertiary/aromatic N) is 1. The van der Waals surface area contributed by atoms with E-state index in [1.165, 1.54) is 20.3 Å². The Morgan fingerprint density at radius 1 is 1.39 bits per heavy atom. The topological polar surface area (TPSA) is 38.8 Å². The van der Waals surface area contributed by atoms with Gasteiger partial charge in [0.1, 0.15) is 0 Å². The highest BCUT2D eigenvalue weighted by Crippen LogP contribution is 2.17. The molecule has 0 fully saturated rings. The lowest BCUT2D eigenvalue weighted by Gasteiger charge is -2.15. The van der Waals surface area contributed by atoms with Crippen LogP contribution in [0.15, 0.2) is 18.2 Å². The second-order valence-corrected chi connectivity index (χ2v) is 4.03. The van der Waals surface area contributed by atoms with Gasteiger partial charge >= 0.3 is 5.97 Å². The summed E-state index contributed by atoms with van der Waals surface area (Å²) in [6.07, 6.45) is 0.661. The second kappa shape index (κ2) is 6.96. The van der Waals surface area contributed by atoms with Crippen molar-refractivity contribution in [3.05, 3.63) is 29.6 Å². The zero-order chi connectivity index (χ0) is 13.5. The number of benzene rings is 1. The van der Waals surface area contributed by atoms with Crippen molar-refractivity contribution in [1.82, 2.24) is 4.90 Å². The highest BCUT2D eigenvalue weighted by atomic mass is 19.1. The monoisotopic (exact) mass is 255 g/mol. The van der Waals surface area contributed by atoms with Gasteiger partial charge in [-0.05, 0) is 31.2 Å². The van der Waals surface area contributed by atoms with Crippen LogP contribution in [0.3, 0.4) is 0 Å². The molecular formula is C13H18FNO3. The molecule has 0 aromatic heterocycles. The first-order valence-corrected chi connectivity index (χ1v) is 5.64. The zero-order valence-corrected chi connectivity index (χ0v) is 10.9. The highest BCUT2D eigenvalue weighted by molar-refractivity contribution is 5.71. The first kappa shape index (κ1) is 14.4. The summed E-state index contributed by atoms with van der Waals surface area (Å²) in [6, 6.07) is 4.86. The van der Waals surface area contributed by atoms with Crippen LogP contribution in [0.5, 0.6) is 5.75 Å². The largest absolute Gasteiger partial charge is 0.494 e. The van der Waals surface area contributed by atoms with Crippen LogP contribution in [0.1, 0.15) is 5.56 Å². The van der Waals surface area contributed by atoms with E-state index in [1.807, 2.05) is 18.0 Å². The number of methoxy groups -OCH3 is 2. The van der Waals surface area contributed by atoms with E-state index in [0.29, 0.717) is 13.0 Å². The fourth-order valence-corrected chi connectivity index (χ4v) is 1.55. The van der Waals surface area contributed by atoms with E-state index in [0.717, 1.165) is 5.56 Å². The Morgan fingerprint density at radius 2 is 2.11 bits per heavy atom. The number of halogens is 1. The van der Waals surface area contributed by atoms with Crippen molar-refractivity contribution in [2.24, 2.45) is 0 Å². The molecule has 0 amide bonds. The van der Waals surface area contributed by atoms with E-state index in [2.05, 4.69) is 4.74 Å². The average Bonchev–Trinajstić information content (AvgIpc) is 2.36. The zero-order valence-electron chi connectivity index (χ0n) is 10.9. The van der Waals surface area contributed by atoms with E-state index in [4.69, 9.17) is 4.74 Å². The van der Waals surface area contributed by atoms with Crippen molar-refractivity contribution in [2.45, 2.75) is 6.42 Å². The number of carbonyl (C=O) groups excluding carboxylic acids is 1. The molecule has 100 valence electrons. The van der Waals surface area contributed by atoms with E-state index in [1.54, 1.807) is 6.07 Å². The van der Waals surface area contributed by atoms with Gasteiger partial charge < -0.3 is 9.47 Å². The molecule has 0 saturated carbocycles. The van der Waals surface area contributed by atoms with Crippen LogP contribution in [0.4, 0.5) is 4.39 Å². The number of esters is 1. The Hall–Kier alpha value is -1.62. The quantitative estimate of drug-likeness (QED) is 0.722. The minimum atomic E-state index is -0.370. The van der Waals surface area contributed by atoms with Crippen LogP contribution >= 0.6 is 0 Å². The molecule has 0 unspecified atom stereocenters. The van der Waals surface area contributed by atoms with Crippen molar-refractivity contribution in [3.8, 4) is 5.75 Å². The number of ether oxygens (including phenoxy) is 2. The summed E-state index contributed by atoms with van der Waals surface area (Å²) < 4.78 is 22.8. The molecule has 0 bridgehead atoms. The molecule has 0 aliphatic rings. The smallest absolute Gasteiger partial charge is 0.319 e. The third kappa shape index (κ3) is 4.33. The molecule has 0 atom stereocenters. The van der Waals surface area contributed by atoms with Gasteiger partial charge in [0.15, 0.2) is 11.6 Å². The van der Waals surface area contributed by atoms with Gasteiger partial charge in [-0.3, -0.25) is 9.69 Å². The lowest BCUT2D eigenvalue weighted by Crippen LogP contribution is -2.28. The molecule has 0 spiro atoms. The van der Waals surface area contributed by atoms with Gasteiger partial charge in [0.25, 0.3) is 0 Å². The molecule has 0 aliphatic heterocycles. The molecular weight excluding hydrogens is 237 g/mol. The van der Waals surface area contributed by atoms with Gasteiger partial charge in [-0.25, -0.2) is 4.39 Å². The van der Waals surface area contributed by atoms with Crippen LogP contribution < -0.4 is 4.74 Å². The van der Waals surface area contributed by atoms with Crippen molar-refractivity contribution < 1.29 is 18.7 Å². The molecule has 0 radical (unpaired) electrons. The summed E-state index contributed by atoms with van der Waals surface area (Å²) in [6.45, 7) is 0.885. The van der Waals surface area contributed by atoms with E-state index in [-0.39, 0.29) is 24.1 Å². The first-order chi connectivity index (χ1) is 8.56.